The van der Waals surface area contributed by atoms with E-state index in [-0.39, 0.29) is 0 Å². The van der Waals surface area contributed by atoms with Crippen molar-refractivity contribution < 1.29 is 9.90 Å². The molecular weight excluding hydrogens is 282 g/mol. The van der Waals surface area contributed by atoms with Gasteiger partial charge in [-0.3, -0.25) is 0 Å². The smallest absolute Gasteiger partial charge is 0.137 e. The van der Waals surface area contributed by atoms with E-state index in [9.17, 15) is 9.90 Å². The molecule has 0 saturated carbocycles. The minimum atomic E-state index is -1.12. The number of amides is 1. The maximum absolute atomic E-state index is 11.0. The van der Waals surface area contributed by atoms with Crippen LogP contribution in [0, 0.1) is 0 Å². The molecule has 0 radical (unpaired) electrons. The summed E-state index contributed by atoms with van der Waals surface area (Å²) in [4.78, 5) is 12.4. The first-order valence-electron chi connectivity index (χ1n) is 5.54. The van der Waals surface area contributed by atoms with Crippen LogP contribution in [0.2, 0.25) is 0 Å². The molecule has 17 heavy (non-hydrogen) atoms. The molecule has 1 aromatic carbocycles. The van der Waals surface area contributed by atoms with Gasteiger partial charge >= 0.3 is 0 Å². The summed E-state index contributed by atoms with van der Waals surface area (Å²) in [5.41, 5.74) is 0.681. The van der Waals surface area contributed by atoms with Crippen LogP contribution in [0.3, 0.4) is 0 Å². The first-order chi connectivity index (χ1) is 7.80. The number of carbonyl (C=O) groups excluding carboxylic acids is 1. The number of hydrogen-bond acceptors (Lipinski definition) is 2. The van der Waals surface area contributed by atoms with E-state index in [1.54, 1.807) is 0 Å². The average Bonchev–Trinajstić information content (AvgIpc) is 2.15. The van der Waals surface area contributed by atoms with E-state index in [0.717, 1.165) is 10.0 Å². The zero-order valence-corrected chi connectivity index (χ0v) is 12.0. The summed E-state index contributed by atoms with van der Waals surface area (Å²) >= 11 is 3.40. The highest BCUT2D eigenvalue weighted by Gasteiger charge is 2.20. The minimum absolute atomic E-state index is 0.426. The summed E-state index contributed by atoms with van der Waals surface area (Å²) in [5.74, 6) is 0. The highest BCUT2D eigenvalue weighted by Crippen LogP contribution is 2.16. The van der Waals surface area contributed by atoms with Gasteiger partial charge in [0, 0.05) is 16.6 Å². The second-order valence-corrected chi connectivity index (χ2v) is 5.88. The van der Waals surface area contributed by atoms with Crippen LogP contribution in [0.1, 0.15) is 26.3 Å². The second-order valence-electron chi connectivity index (χ2n) is 4.97. The molecule has 0 aliphatic rings. The molecule has 1 aromatic rings. The summed E-state index contributed by atoms with van der Waals surface area (Å²) in [6, 6.07) is 7.88. The molecule has 0 aliphatic carbocycles. The Bertz CT molecular complexity index is 399. The largest absolute Gasteiger partial charge is 0.530 e. The molecule has 0 spiro atoms. The summed E-state index contributed by atoms with van der Waals surface area (Å²) in [6.45, 7) is 6.04. The molecule has 94 valence electrons. The Morgan fingerprint density at radius 1 is 1.41 bits per heavy atom. The molecule has 0 unspecified atom stereocenters. The van der Waals surface area contributed by atoms with Gasteiger partial charge in [0.25, 0.3) is 0 Å². The number of nitrogens with zero attached hydrogens (tertiary/aromatic N) is 1. The fourth-order valence-corrected chi connectivity index (χ4v) is 2.08. The fourth-order valence-electron chi connectivity index (χ4n) is 1.63. The zero-order valence-electron chi connectivity index (χ0n) is 10.4. The van der Waals surface area contributed by atoms with Crippen molar-refractivity contribution in [3.63, 3.8) is 0 Å². The molecular formula is C13H17BrNO2-. The van der Waals surface area contributed by atoms with E-state index < -0.39 is 11.6 Å². The third kappa shape index (κ3) is 4.38. The molecule has 4 heteroatoms. The SMILES string of the molecule is CC(C)(C)N(CCc1cccc(Br)c1)C(=O)[O-]. The standard InChI is InChI=1S/C13H18BrNO2/c1-13(2,3)15(12(16)17)8-7-10-5-4-6-11(14)9-10/h4-6,9H,7-8H2,1-3H3,(H,16,17)/p-1. The number of benzene rings is 1. The molecule has 0 atom stereocenters. The molecule has 0 aliphatic heterocycles. The van der Waals surface area contributed by atoms with Crippen molar-refractivity contribution in [2.24, 2.45) is 0 Å². The quantitative estimate of drug-likeness (QED) is 0.860. The van der Waals surface area contributed by atoms with Crippen LogP contribution in [0.4, 0.5) is 4.79 Å². The van der Waals surface area contributed by atoms with Gasteiger partial charge in [0.05, 0.1) is 0 Å². The Hall–Kier alpha value is -1.03. The number of hydrogen-bond donors (Lipinski definition) is 0. The third-order valence-electron chi connectivity index (χ3n) is 2.54. The molecule has 0 heterocycles. The van der Waals surface area contributed by atoms with Gasteiger partial charge in [-0.05, 0) is 44.9 Å². The molecule has 0 fully saturated rings. The van der Waals surface area contributed by atoms with E-state index in [1.807, 2.05) is 45.0 Å². The lowest BCUT2D eigenvalue weighted by atomic mass is 10.1. The predicted molar refractivity (Wildman–Crippen MR) is 69.7 cm³/mol. The summed E-state index contributed by atoms with van der Waals surface area (Å²) in [5, 5.41) is 11.0. The number of halogens is 1. The molecule has 0 N–H and O–H groups in total. The highest BCUT2D eigenvalue weighted by atomic mass is 79.9. The average molecular weight is 299 g/mol. The maximum atomic E-state index is 11.0. The lowest BCUT2D eigenvalue weighted by Gasteiger charge is -2.38. The topological polar surface area (TPSA) is 43.4 Å². The van der Waals surface area contributed by atoms with Gasteiger partial charge in [0.1, 0.15) is 6.09 Å². The lowest BCUT2D eigenvalue weighted by Crippen LogP contribution is -2.52. The Morgan fingerprint density at radius 2 is 2.06 bits per heavy atom. The van der Waals surface area contributed by atoms with Crippen LogP contribution in [0.5, 0.6) is 0 Å². The van der Waals surface area contributed by atoms with Gasteiger partial charge in [0.15, 0.2) is 0 Å². The minimum Gasteiger partial charge on any atom is -0.530 e. The molecule has 0 saturated heterocycles. The first kappa shape index (κ1) is 14.0. The van der Waals surface area contributed by atoms with E-state index in [2.05, 4.69) is 15.9 Å². The van der Waals surface area contributed by atoms with Crippen LogP contribution < -0.4 is 5.11 Å². The van der Waals surface area contributed by atoms with Gasteiger partial charge < -0.3 is 14.8 Å². The van der Waals surface area contributed by atoms with Crippen LogP contribution in [0.25, 0.3) is 0 Å². The maximum Gasteiger partial charge on any atom is 0.137 e. The van der Waals surface area contributed by atoms with Crippen molar-refractivity contribution in [2.75, 3.05) is 6.54 Å². The first-order valence-corrected chi connectivity index (χ1v) is 6.33. The van der Waals surface area contributed by atoms with Crippen molar-refractivity contribution >= 4 is 22.0 Å². The van der Waals surface area contributed by atoms with Gasteiger partial charge in [-0.2, -0.15) is 0 Å². The van der Waals surface area contributed by atoms with Gasteiger partial charge in [0.2, 0.25) is 0 Å². The van der Waals surface area contributed by atoms with Crippen LogP contribution in [0.15, 0.2) is 28.7 Å². The molecule has 1 rings (SSSR count). The molecule has 0 bridgehead atoms. The Morgan fingerprint density at radius 3 is 2.53 bits per heavy atom. The molecule has 0 aromatic heterocycles. The van der Waals surface area contributed by atoms with Crippen molar-refractivity contribution in [3.8, 4) is 0 Å². The predicted octanol–water partition coefficient (Wildman–Crippen LogP) is 2.44. The molecule has 1 amide bonds. The Kier molecular flexibility index (Phi) is 4.57. The van der Waals surface area contributed by atoms with Crippen LogP contribution in [-0.2, 0) is 6.42 Å². The second kappa shape index (κ2) is 5.54. The van der Waals surface area contributed by atoms with E-state index in [0.29, 0.717) is 13.0 Å². The van der Waals surface area contributed by atoms with Crippen LogP contribution in [-0.4, -0.2) is 23.1 Å². The number of carboxylic acid groups (broad SMARTS) is 1. The van der Waals surface area contributed by atoms with E-state index in [1.165, 1.54) is 4.90 Å². The lowest BCUT2D eigenvalue weighted by molar-refractivity contribution is -0.270. The van der Waals surface area contributed by atoms with Gasteiger partial charge in [-0.25, -0.2) is 0 Å². The van der Waals surface area contributed by atoms with Crippen molar-refractivity contribution in [1.29, 1.82) is 0 Å². The van der Waals surface area contributed by atoms with Gasteiger partial charge in [-0.1, -0.05) is 28.1 Å². The zero-order chi connectivity index (χ0) is 13.1. The summed E-state index contributed by atoms with van der Waals surface area (Å²) in [6.07, 6.45) is -0.433. The van der Waals surface area contributed by atoms with Crippen molar-refractivity contribution in [2.45, 2.75) is 32.7 Å². The highest BCUT2D eigenvalue weighted by molar-refractivity contribution is 9.10. The van der Waals surface area contributed by atoms with Crippen molar-refractivity contribution in [1.82, 2.24) is 4.90 Å². The Labute approximate surface area is 111 Å². The van der Waals surface area contributed by atoms with E-state index in [4.69, 9.17) is 0 Å². The normalized spacial score (nSPS) is 11.3. The number of carbonyl (C=O) groups is 1. The summed E-state index contributed by atoms with van der Waals surface area (Å²) in [7, 11) is 0. The van der Waals surface area contributed by atoms with Crippen molar-refractivity contribution in [3.05, 3.63) is 34.3 Å². The number of rotatable bonds is 3. The van der Waals surface area contributed by atoms with Crippen LogP contribution >= 0.6 is 15.9 Å². The van der Waals surface area contributed by atoms with Gasteiger partial charge in [-0.15, -0.1) is 0 Å². The summed E-state index contributed by atoms with van der Waals surface area (Å²) < 4.78 is 1.01. The monoisotopic (exact) mass is 298 g/mol. The Balaban J connectivity index is 2.68. The molecule has 3 nitrogen and oxygen atoms in total. The van der Waals surface area contributed by atoms with E-state index >= 15 is 0 Å². The third-order valence-corrected chi connectivity index (χ3v) is 3.04. The fraction of sp³-hybridized carbons (Fsp3) is 0.462.